The molecular weight excluding hydrogens is 231 g/mol. The number of nitrogens with two attached hydrogens (primary N) is 1. The summed E-state index contributed by atoms with van der Waals surface area (Å²) in [7, 11) is 0. The van der Waals surface area contributed by atoms with E-state index in [1.165, 1.54) is 0 Å². The van der Waals surface area contributed by atoms with Gasteiger partial charge in [-0.1, -0.05) is 30.1 Å². The van der Waals surface area contributed by atoms with Gasteiger partial charge in [0, 0.05) is 15.6 Å². The second-order valence-corrected chi connectivity index (χ2v) is 3.83. The van der Waals surface area contributed by atoms with Crippen molar-refractivity contribution in [3.05, 3.63) is 39.4 Å². The summed E-state index contributed by atoms with van der Waals surface area (Å²) in [5, 5.41) is 9.90. The molecule has 0 heterocycles. The van der Waals surface area contributed by atoms with Crippen molar-refractivity contribution in [1.29, 1.82) is 5.26 Å². The molecular formula is C11H10Cl2N2. The maximum absolute atomic E-state index is 8.85. The summed E-state index contributed by atoms with van der Waals surface area (Å²) in [6, 6.07) is 7.05. The molecule has 2 N–H and O–H groups in total. The largest absolute Gasteiger partial charge is 0.397 e. The third-order valence-electron chi connectivity index (χ3n) is 2.03. The van der Waals surface area contributed by atoms with Crippen LogP contribution < -0.4 is 5.73 Å². The average molecular weight is 241 g/mol. The van der Waals surface area contributed by atoms with E-state index in [2.05, 4.69) is 0 Å². The van der Waals surface area contributed by atoms with Crippen LogP contribution in [0.2, 0.25) is 10.0 Å². The van der Waals surface area contributed by atoms with E-state index in [0.29, 0.717) is 33.3 Å². The number of hydrogen-bond acceptors (Lipinski definition) is 2. The lowest BCUT2D eigenvalue weighted by Gasteiger charge is -2.07. The quantitative estimate of drug-likeness (QED) is 0.804. The minimum absolute atomic E-state index is 0.396. The Bertz CT molecular complexity index is 444. The number of halogens is 2. The minimum Gasteiger partial charge on any atom is -0.397 e. The van der Waals surface area contributed by atoms with Gasteiger partial charge in [-0.25, -0.2) is 0 Å². The molecule has 1 aromatic carbocycles. The lowest BCUT2D eigenvalue weighted by atomic mass is 10.1. The van der Waals surface area contributed by atoms with Crippen LogP contribution in [0.15, 0.2) is 23.8 Å². The third-order valence-corrected chi connectivity index (χ3v) is 2.60. The lowest BCUT2D eigenvalue weighted by molar-refractivity contribution is 1.14. The normalized spacial score (nSPS) is 11.9. The Kier molecular flexibility index (Phi) is 4.02. The molecule has 15 heavy (non-hydrogen) atoms. The highest BCUT2D eigenvalue weighted by Crippen LogP contribution is 2.26. The van der Waals surface area contributed by atoms with Crippen molar-refractivity contribution >= 4 is 28.9 Å². The molecule has 0 bridgehead atoms. The molecule has 0 amide bonds. The summed E-state index contributed by atoms with van der Waals surface area (Å²) in [6.07, 6.45) is 0.575. The predicted molar refractivity (Wildman–Crippen MR) is 63.5 cm³/mol. The zero-order valence-electron chi connectivity index (χ0n) is 8.22. The Balaban J connectivity index is 3.34. The highest BCUT2D eigenvalue weighted by molar-refractivity contribution is 6.34. The first kappa shape index (κ1) is 11.9. The smallest absolute Gasteiger partial charge is 0.0968 e. The fourth-order valence-corrected chi connectivity index (χ4v) is 1.59. The Hall–Kier alpha value is -1.17. The van der Waals surface area contributed by atoms with Crippen LogP contribution >= 0.6 is 23.2 Å². The van der Waals surface area contributed by atoms with E-state index in [4.69, 9.17) is 34.2 Å². The molecule has 0 aliphatic heterocycles. The van der Waals surface area contributed by atoms with Crippen LogP contribution in [0.4, 0.5) is 0 Å². The molecule has 78 valence electrons. The minimum atomic E-state index is 0.396. The van der Waals surface area contributed by atoms with Crippen LogP contribution in [0.1, 0.15) is 18.9 Å². The molecule has 1 aromatic rings. The molecule has 0 saturated heterocycles. The number of benzene rings is 1. The standard InChI is InChI=1S/C11H10Cl2N2/c1-2-7(6-14)11(15)9-5-8(12)3-4-10(9)13/h3-5H,2,15H2,1H3/b11-7-. The van der Waals surface area contributed by atoms with Gasteiger partial charge in [-0.3, -0.25) is 0 Å². The molecule has 0 aliphatic rings. The van der Waals surface area contributed by atoms with Crippen LogP contribution in [-0.2, 0) is 0 Å². The summed E-state index contributed by atoms with van der Waals surface area (Å²) in [4.78, 5) is 0. The van der Waals surface area contributed by atoms with Gasteiger partial charge in [-0.2, -0.15) is 5.26 Å². The van der Waals surface area contributed by atoms with Gasteiger partial charge < -0.3 is 5.73 Å². The second kappa shape index (κ2) is 5.06. The van der Waals surface area contributed by atoms with Gasteiger partial charge in [0.2, 0.25) is 0 Å². The van der Waals surface area contributed by atoms with Gasteiger partial charge >= 0.3 is 0 Å². The Morgan fingerprint density at radius 2 is 2.13 bits per heavy atom. The Morgan fingerprint density at radius 1 is 1.47 bits per heavy atom. The fourth-order valence-electron chi connectivity index (χ4n) is 1.20. The van der Waals surface area contributed by atoms with Crippen molar-refractivity contribution < 1.29 is 0 Å². The molecule has 0 aliphatic carbocycles. The highest BCUT2D eigenvalue weighted by atomic mass is 35.5. The number of hydrogen-bond donors (Lipinski definition) is 1. The van der Waals surface area contributed by atoms with Crippen molar-refractivity contribution in [2.75, 3.05) is 0 Å². The van der Waals surface area contributed by atoms with Gasteiger partial charge in [-0.05, 0) is 24.6 Å². The van der Waals surface area contributed by atoms with Crippen molar-refractivity contribution in [2.45, 2.75) is 13.3 Å². The van der Waals surface area contributed by atoms with Crippen LogP contribution in [0.3, 0.4) is 0 Å². The number of allylic oxidation sites excluding steroid dienone is 1. The van der Waals surface area contributed by atoms with Gasteiger partial charge in [0.25, 0.3) is 0 Å². The van der Waals surface area contributed by atoms with E-state index in [-0.39, 0.29) is 0 Å². The third kappa shape index (κ3) is 2.65. The number of rotatable bonds is 2. The van der Waals surface area contributed by atoms with Gasteiger partial charge in [0.1, 0.15) is 0 Å². The highest BCUT2D eigenvalue weighted by Gasteiger charge is 2.08. The van der Waals surface area contributed by atoms with E-state index < -0.39 is 0 Å². The van der Waals surface area contributed by atoms with Crippen LogP contribution in [0, 0.1) is 11.3 Å². The summed E-state index contributed by atoms with van der Waals surface area (Å²) in [5.74, 6) is 0. The lowest BCUT2D eigenvalue weighted by Crippen LogP contribution is -2.01. The summed E-state index contributed by atoms with van der Waals surface area (Å²) in [5.41, 5.74) is 7.37. The molecule has 0 aromatic heterocycles. The summed E-state index contributed by atoms with van der Waals surface area (Å²) >= 11 is 11.8. The van der Waals surface area contributed by atoms with E-state index in [1.54, 1.807) is 18.2 Å². The SMILES string of the molecule is CC/C(C#N)=C(/N)c1cc(Cl)ccc1Cl. The Morgan fingerprint density at radius 3 is 2.67 bits per heavy atom. The molecule has 0 unspecified atom stereocenters. The van der Waals surface area contributed by atoms with E-state index >= 15 is 0 Å². The molecule has 0 saturated carbocycles. The molecule has 1 rings (SSSR count). The van der Waals surface area contributed by atoms with E-state index in [0.717, 1.165) is 0 Å². The van der Waals surface area contributed by atoms with Gasteiger partial charge in [-0.15, -0.1) is 0 Å². The zero-order chi connectivity index (χ0) is 11.4. The fraction of sp³-hybridized carbons (Fsp3) is 0.182. The molecule has 0 atom stereocenters. The predicted octanol–water partition coefficient (Wildman–Crippen LogP) is 3.60. The van der Waals surface area contributed by atoms with Crippen LogP contribution in [0.5, 0.6) is 0 Å². The van der Waals surface area contributed by atoms with Crippen molar-refractivity contribution in [3.8, 4) is 6.07 Å². The van der Waals surface area contributed by atoms with Gasteiger partial charge in [0.15, 0.2) is 0 Å². The van der Waals surface area contributed by atoms with Crippen molar-refractivity contribution in [3.63, 3.8) is 0 Å². The molecule has 0 spiro atoms. The maximum atomic E-state index is 8.85. The first-order chi connectivity index (χ1) is 7.10. The van der Waals surface area contributed by atoms with E-state index in [9.17, 15) is 0 Å². The average Bonchev–Trinajstić information content (AvgIpc) is 2.23. The zero-order valence-corrected chi connectivity index (χ0v) is 9.73. The molecule has 4 heteroatoms. The number of nitrogens with zero attached hydrogens (tertiary/aromatic N) is 1. The van der Waals surface area contributed by atoms with Crippen LogP contribution in [-0.4, -0.2) is 0 Å². The topological polar surface area (TPSA) is 49.8 Å². The second-order valence-electron chi connectivity index (χ2n) is 2.98. The summed E-state index contributed by atoms with van der Waals surface area (Å²) in [6.45, 7) is 1.86. The first-order valence-corrected chi connectivity index (χ1v) is 5.19. The van der Waals surface area contributed by atoms with Gasteiger partial charge in [0.05, 0.1) is 17.3 Å². The number of nitriles is 1. The molecule has 2 nitrogen and oxygen atoms in total. The Labute approximate surface area is 98.9 Å². The molecule has 0 radical (unpaired) electrons. The van der Waals surface area contributed by atoms with Crippen molar-refractivity contribution in [2.24, 2.45) is 5.73 Å². The maximum Gasteiger partial charge on any atom is 0.0968 e. The monoisotopic (exact) mass is 240 g/mol. The molecule has 0 fully saturated rings. The first-order valence-electron chi connectivity index (χ1n) is 4.44. The van der Waals surface area contributed by atoms with Crippen LogP contribution in [0.25, 0.3) is 5.70 Å². The summed E-state index contributed by atoms with van der Waals surface area (Å²) < 4.78 is 0. The van der Waals surface area contributed by atoms with E-state index in [1.807, 2.05) is 13.0 Å². The van der Waals surface area contributed by atoms with Crippen molar-refractivity contribution in [1.82, 2.24) is 0 Å².